The number of ketones is 1. The van der Waals surface area contributed by atoms with Gasteiger partial charge in [0.15, 0.2) is 10.9 Å². The summed E-state index contributed by atoms with van der Waals surface area (Å²) < 4.78 is 1.87. The smallest absolute Gasteiger partial charge is 0.237 e. The first-order valence-corrected chi connectivity index (χ1v) is 7.41. The van der Waals surface area contributed by atoms with Crippen molar-refractivity contribution in [1.82, 2.24) is 9.55 Å². The van der Waals surface area contributed by atoms with E-state index in [1.165, 1.54) is 18.7 Å². The number of anilines is 1. The summed E-state index contributed by atoms with van der Waals surface area (Å²) in [5, 5.41) is 3.32. The Hall–Kier alpha value is -2.08. The number of Topliss-reactive ketones (excluding diaryl/α,β-unsaturated/α-hetero) is 1. The Morgan fingerprint density at radius 2 is 2.14 bits per heavy atom. The number of imidazole rings is 1. The third kappa shape index (κ3) is 3.95. The van der Waals surface area contributed by atoms with Crippen LogP contribution < -0.4 is 5.32 Å². The third-order valence-corrected chi connectivity index (χ3v) is 4.14. The molecule has 1 aromatic carbocycles. The number of hydrogen-bond acceptors (Lipinski definition) is 4. The average Bonchev–Trinajstić information content (AvgIpc) is 2.84. The Balaban J connectivity index is 2.02. The van der Waals surface area contributed by atoms with Crippen molar-refractivity contribution in [1.29, 1.82) is 0 Å². The summed E-state index contributed by atoms with van der Waals surface area (Å²) in [6.07, 6.45) is 3.53. The van der Waals surface area contributed by atoms with Crippen LogP contribution in [0.5, 0.6) is 0 Å². The number of thioether (sulfide) groups is 1. The Kier molecular flexibility index (Phi) is 4.80. The third-order valence-electron chi connectivity index (χ3n) is 2.97. The molecule has 0 saturated carbocycles. The minimum Gasteiger partial charge on any atom is -0.329 e. The van der Waals surface area contributed by atoms with E-state index in [1.807, 2.05) is 24.7 Å². The first-order valence-electron chi connectivity index (χ1n) is 6.53. The van der Waals surface area contributed by atoms with Gasteiger partial charge in [-0.3, -0.25) is 9.59 Å². The van der Waals surface area contributed by atoms with Gasteiger partial charge in [0, 0.05) is 30.7 Å². The predicted octanol–water partition coefficient (Wildman–Crippen LogP) is 2.74. The lowest BCUT2D eigenvalue weighted by Crippen LogP contribution is -2.22. The number of nitrogens with zero attached hydrogens (tertiary/aromatic N) is 2. The van der Waals surface area contributed by atoms with Crippen molar-refractivity contribution in [2.24, 2.45) is 7.05 Å². The molecule has 0 aliphatic carbocycles. The van der Waals surface area contributed by atoms with Crippen LogP contribution >= 0.6 is 11.8 Å². The second kappa shape index (κ2) is 6.58. The van der Waals surface area contributed by atoms with E-state index in [1.54, 1.807) is 30.5 Å². The van der Waals surface area contributed by atoms with Crippen LogP contribution in [0.4, 0.5) is 5.69 Å². The molecule has 0 saturated heterocycles. The van der Waals surface area contributed by atoms with Crippen molar-refractivity contribution in [2.75, 3.05) is 5.32 Å². The van der Waals surface area contributed by atoms with Crippen LogP contribution in [0.1, 0.15) is 24.2 Å². The molecule has 0 aliphatic heterocycles. The van der Waals surface area contributed by atoms with E-state index in [2.05, 4.69) is 10.3 Å². The number of aryl methyl sites for hydroxylation is 1. The summed E-state index contributed by atoms with van der Waals surface area (Å²) in [5.74, 6) is -0.148. The van der Waals surface area contributed by atoms with Crippen LogP contribution in [-0.4, -0.2) is 26.5 Å². The first kappa shape index (κ1) is 15.3. The molecule has 2 rings (SSSR count). The van der Waals surface area contributed by atoms with E-state index in [0.29, 0.717) is 11.3 Å². The van der Waals surface area contributed by atoms with Gasteiger partial charge in [0.1, 0.15) is 0 Å². The van der Waals surface area contributed by atoms with Crippen molar-refractivity contribution >= 4 is 29.1 Å². The normalized spacial score (nSPS) is 12.0. The molecule has 2 aromatic rings. The van der Waals surface area contributed by atoms with E-state index in [0.717, 1.165) is 5.16 Å². The molecule has 0 aliphatic rings. The maximum Gasteiger partial charge on any atom is 0.237 e. The van der Waals surface area contributed by atoms with Gasteiger partial charge in [0.25, 0.3) is 0 Å². The summed E-state index contributed by atoms with van der Waals surface area (Å²) in [7, 11) is 1.89. The summed E-state index contributed by atoms with van der Waals surface area (Å²) in [4.78, 5) is 27.7. The molecule has 0 spiro atoms. The predicted molar refractivity (Wildman–Crippen MR) is 83.6 cm³/mol. The maximum atomic E-state index is 12.2. The zero-order valence-corrected chi connectivity index (χ0v) is 13.0. The first-order chi connectivity index (χ1) is 9.97. The molecule has 0 radical (unpaired) electrons. The monoisotopic (exact) mass is 303 g/mol. The number of amides is 1. The van der Waals surface area contributed by atoms with Crippen LogP contribution in [0.2, 0.25) is 0 Å². The molecule has 1 amide bonds. The molecule has 0 bridgehead atoms. The second-order valence-corrected chi connectivity index (χ2v) is 6.01. The van der Waals surface area contributed by atoms with Gasteiger partial charge in [-0.25, -0.2) is 4.98 Å². The summed E-state index contributed by atoms with van der Waals surface area (Å²) >= 11 is 1.39. The number of rotatable bonds is 5. The highest BCUT2D eigenvalue weighted by molar-refractivity contribution is 8.00. The molecule has 1 unspecified atom stereocenters. The van der Waals surface area contributed by atoms with Crippen LogP contribution in [0.25, 0.3) is 0 Å². The zero-order valence-electron chi connectivity index (χ0n) is 12.2. The minimum absolute atomic E-state index is 0.0264. The zero-order chi connectivity index (χ0) is 15.4. The Labute approximate surface area is 127 Å². The molecule has 5 nitrogen and oxygen atoms in total. The molecule has 1 N–H and O–H groups in total. The molecule has 1 atom stereocenters. The van der Waals surface area contributed by atoms with Gasteiger partial charge in [-0.1, -0.05) is 23.9 Å². The van der Waals surface area contributed by atoms with Crippen molar-refractivity contribution < 1.29 is 9.59 Å². The van der Waals surface area contributed by atoms with Crippen LogP contribution in [0.15, 0.2) is 41.8 Å². The highest BCUT2D eigenvalue weighted by Gasteiger charge is 2.17. The topological polar surface area (TPSA) is 64.0 Å². The van der Waals surface area contributed by atoms with E-state index in [-0.39, 0.29) is 16.9 Å². The Bertz CT molecular complexity index is 666. The minimum atomic E-state index is -0.285. The number of hydrogen-bond donors (Lipinski definition) is 1. The van der Waals surface area contributed by atoms with Crippen LogP contribution in [0, 0.1) is 0 Å². The van der Waals surface area contributed by atoms with Gasteiger partial charge in [-0.15, -0.1) is 0 Å². The molecule has 1 heterocycles. The molecule has 6 heteroatoms. The fourth-order valence-electron chi connectivity index (χ4n) is 1.74. The van der Waals surface area contributed by atoms with Crippen molar-refractivity contribution in [3.63, 3.8) is 0 Å². The van der Waals surface area contributed by atoms with Crippen molar-refractivity contribution in [2.45, 2.75) is 24.3 Å². The SMILES string of the molecule is CC(=O)c1cccc(NC(=O)C(C)Sc2nccn2C)c1. The molecular formula is C15H17N3O2S. The largest absolute Gasteiger partial charge is 0.329 e. The Morgan fingerprint density at radius 3 is 2.76 bits per heavy atom. The quantitative estimate of drug-likeness (QED) is 0.681. The maximum absolute atomic E-state index is 12.2. The van der Waals surface area contributed by atoms with Gasteiger partial charge in [-0.05, 0) is 26.0 Å². The van der Waals surface area contributed by atoms with E-state index in [4.69, 9.17) is 0 Å². The highest BCUT2D eigenvalue weighted by atomic mass is 32.2. The fraction of sp³-hybridized carbons (Fsp3) is 0.267. The van der Waals surface area contributed by atoms with E-state index < -0.39 is 0 Å². The van der Waals surface area contributed by atoms with Gasteiger partial charge < -0.3 is 9.88 Å². The molecule has 0 fully saturated rings. The van der Waals surface area contributed by atoms with Gasteiger partial charge >= 0.3 is 0 Å². The summed E-state index contributed by atoms with van der Waals surface area (Å²) in [5.41, 5.74) is 1.21. The number of aromatic nitrogens is 2. The summed E-state index contributed by atoms with van der Waals surface area (Å²) in [6, 6.07) is 6.92. The molecular weight excluding hydrogens is 286 g/mol. The molecule has 110 valence electrons. The highest BCUT2D eigenvalue weighted by Crippen LogP contribution is 2.22. The lowest BCUT2D eigenvalue weighted by Gasteiger charge is -2.12. The van der Waals surface area contributed by atoms with Gasteiger partial charge in [0.2, 0.25) is 5.91 Å². The summed E-state index contributed by atoms with van der Waals surface area (Å²) in [6.45, 7) is 3.32. The second-order valence-electron chi connectivity index (χ2n) is 4.71. The van der Waals surface area contributed by atoms with Crippen LogP contribution in [-0.2, 0) is 11.8 Å². The van der Waals surface area contributed by atoms with Gasteiger partial charge in [0.05, 0.1) is 5.25 Å². The standard InChI is InChI=1S/C15H17N3O2S/c1-10(19)12-5-4-6-13(9-12)17-14(20)11(2)21-15-16-7-8-18(15)3/h4-9,11H,1-3H3,(H,17,20). The van der Waals surface area contributed by atoms with E-state index >= 15 is 0 Å². The van der Waals surface area contributed by atoms with E-state index in [9.17, 15) is 9.59 Å². The molecule has 1 aromatic heterocycles. The number of benzene rings is 1. The van der Waals surface area contributed by atoms with Crippen molar-refractivity contribution in [3.8, 4) is 0 Å². The lowest BCUT2D eigenvalue weighted by atomic mass is 10.1. The lowest BCUT2D eigenvalue weighted by molar-refractivity contribution is -0.115. The number of carbonyl (C=O) groups is 2. The Morgan fingerprint density at radius 1 is 1.38 bits per heavy atom. The van der Waals surface area contributed by atoms with Gasteiger partial charge in [-0.2, -0.15) is 0 Å². The van der Waals surface area contributed by atoms with Crippen molar-refractivity contribution in [3.05, 3.63) is 42.2 Å². The van der Waals surface area contributed by atoms with Crippen LogP contribution in [0.3, 0.4) is 0 Å². The average molecular weight is 303 g/mol. The number of carbonyl (C=O) groups excluding carboxylic acids is 2. The number of nitrogens with one attached hydrogen (secondary N) is 1. The molecule has 21 heavy (non-hydrogen) atoms. The fourth-order valence-corrected chi connectivity index (χ4v) is 2.57.